The Balaban J connectivity index is 2.24. The molecule has 2 heteroatoms. The van der Waals surface area contributed by atoms with Crippen molar-refractivity contribution in [1.82, 2.24) is 0 Å². The Labute approximate surface area is 84.3 Å². The molecule has 0 saturated heterocycles. The molecule has 0 aliphatic heterocycles. The number of hydrogen-bond acceptors (Lipinski definition) is 1. The molecule has 3 rings (SSSR count). The summed E-state index contributed by atoms with van der Waals surface area (Å²) >= 11 is 0. The Bertz CT molecular complexity index is 409. The van der Waals surface area contributed by atoms with Crippen LogP contribution in [0.2, 0.25) is 0 Å². The van der Waals surface area contributed by atoms with Gasteiger partial charge in [0.15, 0.2) is 0 Å². The molecular weight excluding hydrogens is 172 g/mol. The van der Waals surface area contributed by atoms with E-state index in [2.05, 4.69) is 35.5 Å². The van der Waals surface area contributed by atoms with Gasteiger partial charge in [0, 0.05) is 12.0 Å². The van der Waals surface area contributed by atoms with E-state index in [-0.39, 0.29) is 0 Å². The molecule has 0 N–H and O–H groups in total. The van der Waals surface area contributed by atoms with Gasteiger partial charge in [-0.3, -0.25) is 0 Å². The van der Waals surface area contributed by atoms with Gasteiger partial charge >= 0.3 is 5.82 Å². The van der Waals surface area contributed by atoms with Gasteiger partial charge in [0.05, 0.1) is 7.05 Å². The molecule has 2 aliphatic rings. The second-order valence-corrected chi connectivity index (χ2v) is 4.46. The lowest BCUT2D eigenvalue weighted by molar-refractivity contribution is -0.667. The first-order valence-corrected chi connectivity index (χ1v) is 5.31. The molecule has 0 aromatic carbocycles. The van der Waals surface area contributed by atoms with E-state index in [4.69, 9.17) is 0 Å². The van der Waals surface area contributed by atoms with Gasteiger partial charge in [-0.05, 0) is 36.8 Å². The lowest BCUT2D eigenvalue weighted by Crippen LogP contribution is -2.35. The predicted octanol–water partition coefficient (Wildman–Crippen LogP) is 2.21. The first-order chi connectivity index (χ1) is 6.81. The van der Waals surface area contributed by atoms with Crippen LogP contribution in [0.15, 0.2) is 17.1 Å². The Morgan fingerprint density at radius 2 is 2.14 bits per heavy atom. The molecule has 0 spiro atoms. The molecule has 2 unspecified atom stereocenters. The molecule has 1 fully saturated rings. The van der Waals surface area contributed by atoms with Crippen LogP contribution in [0.4, 0.5) is 5.82 Å². The second kappa shape index (κ2) is 2.66. The SMILES string of the molecule is C=Nc1ccc2c([n+]1C)C1CCC2C1. The average molecular weight is 187 g/mol. The third kappa shape index (κ3) is 0.861. The standard InChI is InChI=1S/C12H15N2/c1-13-11-6-5-10-8-3-4-9(7-8)12(10)14(11)2/h5-6,8-9H,1,3-4,7H2,2H3/q+1. The van der Waals surface area contributed by atoms with Crippen LogP contribution in [-0.2, 0) is 7.05 Å². The molecule has 1 saturated carbocycles. The van der Waals surface area contributed by atoms with E-state index < -0.39 is 0 Å². The van der Waals surface area contributed by atoms with Crippen molar-refractivity contribution < 1.29 is 4.57 Å². The number of rotatable bonds is 1. The number of aromatic nitrogens is 1. The molecule has 1 aromatic heterocycles. The minimum atomic E-state index is 0.793. The third-order valence-corrected chi connectivity index (χ3v) is 3.83. The van der Waals surface area contributed by atoms with Crippen molar-refractivity contribution in [3.63, 3.8) is 0 Å². The zero-order valence-electron chi connectivity index (χ0n) is 8.53. The summed E-state index contributed by atoms with van der Waals surface area (Å²) in [5.74, 6) is 2.62. The summed E-state index contributed by atoms with van der Waals surface area (Å²) in [5.41, 5.74) is 3.09. The highest BCUT2D eigenvalue weighted by Crippen LogP contribution is 2.51. The van der Waals surface area contributed by atoms with Crippen LogP contribution in [-0.4, -0.2) is 6.72 Å². The summed E-state index contributed by atoms with van der Waals surface area (Å²) in [5, 5.41) is 0. The van der Waals surface area contributed by atoms with Crippen molar-refractivity contribution >= 4 is 12.5 Å². The van der Waals surface area contributed by atoms with Crippen LogP contribution in [0.1, 0.15) is 42.4 Å². The van der Waals surface area contributed by atoms with Crippen LogP contribution < -0.4 is 4.57 Å². The molecule has 1 aromatic rings. The van der Waals surface area contributed by atoms with Gasteiger partial charge in [0.2, 0.25) is 0 Å². The van der Waals surface area contributed by atoms with Gasteiger partial charge in [-0.2, -0.15) is 0 Å². The highest BCUT2D eigenvalue weighted by Gasteiger charge is 2.41. The molecule has 2 aliphatic carbocycles. The van der Waals surface area contributed by atoms with E-state index in [1.165, 1.54) is 25.0 Å². The molecule has 14 heavy (non-hydrogen) atoms. The van der Waals surface area contributed by atoms with Crippen LogP contribution >= 0.6 is 0 Å². The second-order valence-electron chi connectivity index (χ2n) is 4.46. The van der Waals surface area contributed by atoms with Crippen LogP contribution in [0.3, 0.4) is 0 Å². The van der Waals surface area contributed by atoms with E-state index >= 15 is 0 Å². The van der Waals surface area contributed by atoms with Crippen molar-refractivity contribution in [3.05, 3.63) is 23.4 Å². The van der Waals surface area contributed by atoms with Gasteiger partial charge < -0.3 is 0 Å². The third-order valence-electron chi connectivity index (χ3n) is 3.83. The van der Waals surface area contributed by atoms with Gasteiger partial charge in [-0.25, -0.2) is 4.57 Å². The van der Waals surface area contributed by atoms with Gasteiger partial charge in [-0.15, -0.1) is 0 Å². The topological polar surface area (TPSA) is 16.2 Å². The number of pyridine rings is 1. The van der Waals surface area contributed by atoms with E-state index in [1.807, 2.05) is 0 Å². The van der Waals surface area contributed by atoms with Crippen molar-refractivity contribution in [2.45, 2.75) is 31.1 Å². The van der Waals surface area contributed by atoms with Gasteiger partial charge in [0.1, 0.15) is 12.4 Å². The summed E-state index contributed by atoms with van der Waals surface area (Å²) in [7, 11) is 2.11. The van der Waals surface area contributed by atoms with E-state index in [0.717, 1.165) is 17.7 Å². The molecule has 72 valence electrons. The Hall–Kier alpha value is -1.18. The molecule has 0 radical (unpaired) electrons. The fourth-order valence-electron chi connectivity index (χ4n) is 3.20. The lowest BCUT2D eigenvalue weighted by Gasteiger charge is -2.14. The highest BCUT2D eigenvalue weighted by atomic mass is 15.1. The average Bonchev–Trinajstić information content (AvgIpc) is 2.78. The molecule has 2 bridgehead atoms. The van der Waals surface area contributed by atoms with Crippen molar-refractivity contribution in [3.8, 4) is 0 Å². The summed E-state index contributed by atoms with van der Waals surface area (Å²) in [6.07, 6.45) is 4.12. The molecular formula is C12H15N2+. The number of fused-ring (bicyclic) bond motifs is 5. The van der Waals surface area contributed by atoms with E-state index in [0.29, 0.717) is 0 Å². The monoisotopic (exact) mass is 187 g/mol. The quantitative estimate of drug-likeness (QED) is 0.473. The lowest BCUT2D eigenvalue weighted by atomic mass is 9.96. The van der Waals surface area contributed by atoms with Gasteiger partial charge in [0.25, 0.3) is 0 Å². The first kappa shape index (κ1) is 8.16. The minimum Gasteiger partial charge on any atom is -0.230 e. The minimum absolute atomic E-state index is 0.793. The smallest absolute Gasteiger partial charge is 0.230 e. The Morgan fingerprint density at radius 1 is 1.36 bits per heavy atom. The molecule has 1 heterocycles. The fourth-order valence-corrected chi connectivity index (χ4v) is 3.20. The number of hydrogen-bond donors (Lipinski definition) is 0. The summed E-state index contributed by atoms with van der Waals surface area (Å²) < 4.78 is 2.23. The maximum absolute atomic E-state index is 4.04. The summed E-state index contributed by atoms with van der Waals surface area (Å²) in [6, 6.07) is 4.34. The maximum atomic E-state index is 4.04. The molecule has 0 amide bonds. The molecule has 2 atom stereocenters. The first-order valence-electron chi connectivity index (χ1n) is 5.31. The Kier molecular flexibility index (Phi) is 1.55. The maximum Gasteiger partial charge on any atom is 0.322 e. The zero-order valence-corrected chi connectivity index (χ0v) is 8.53. The van der Waals surface area contributed by atoms with E-state index in [9.17, 15) is 0 Å². The van der Waals surface area contributed by atoms with Crippen molar-refractivity contribution in [2.24, 2.45) is 12.0 Å². The van der Waals surface area contributed by atoms with Crippen LogP contribution in [0.5, 0.6) is 0 Å². The predicted molar refractivity (Wildman–Crippen MR) is 56.2 cm³/mol. The molecule has 2 nitrogen and oxygen atoms in total. The summed E-state index contributed by atoms with van der Waals surface area (Å²) in [6.45, 7) is 3.61. The Morgan fingerprint density at radius 3 is 2.93 bits per heavy atom. The van der Waals surface area contributed by atoms with Crippen molar-refractivity contribution in [1.29, 1.82) is 0 Å². The normalized spacial score (nSPS) is 27.8. The van der Waals surface area contributed by atoms with Crippen LogP contribution in [0, 0.1) is 0 Å². The zero-order chi connectivity index (χ0) is 9.71. The number of nitrogens with zero attached hydrogens (tertiary/aromatic N) is 2. The number of aliphatic imine (C=N–C) groups is 1. The highest BCUT2D eigenvalue weighted by molar-refractivity contribution is 5.41. The van der Waals surface area contributed by atoms with Crippen LogP contribution in [0.25, 0.3) is 0 Å². The van der Waals surface area contributed by atoms with Crippen molar-refractivity contribution in [2.75, 3.05) is 0 Å². The largest absolute Gasteiger partial charge is 0.322 e. The van der Waals surface area contributed by atoms with Gasteiger partial charge in [-0.1, -0.05) is 4.99 Å². The van der Waals surface area contributed by atoms with E-state index in [1.54, 1.807) is 5.56 Å². The fraction of sp³-hybridized carbons (Fsp3) is 0.500. The summed E-state index contributed by atoms with van der Waals surface area (Å²) in [4.78, 5) is 4.04.